The highest BCUT2D eigenvalue weighted by Gasteiger charge is 2.17. The smallest absolute Gasteiger partial charge is 0.339 e. The normalized spacial score (nSPS) is 20.2. The molecule has 6 heteroatoms. The second-order valence-electron chi connectivity index (χ2n) is 5.15. The number of likely N-dealkylation sites (tertiary alicyclic amines) is 1. The number of carbonyl (C=O) groups is 1. The lowest BCUT2D eigenvalue weighted by Crippen LogP contribution is -2.35. The summed E-state index contributed by atoms with van der Waals surface area (Å²) in [5.41, 5.74) is 0.647. The number of nitrogens with one attached hydrogen (secondary N) is 1. The Morgan fingerprint density at radius 2 is 2.42 bits per heavy atom. The fourth-order valence-electron chi connectivity index (χ4n) is 2.44. The van der Waals surface area contributed by atoms with Crippen molar-refractivity contribution in [1.29, 1.82) is 0 Å². The van der Waals surface area contributed by atoms with Gasteiger partial charge in [0.25, 0.3) is 0 Å². The molecule has 0 aliphatic carbocycles. The lowest BCUT2D eigenvalue weighted by atomic mass is 9.99. The average molecular weight is 264 g/mol. The van der Waals surface area contributed by atoms with E-state index in [0.29, 0.717) is 17.6 Å². The topological polar surface area (TPSA) is 78.4 Å². The first-order valence-corrected chi connectivity index (χ1v) is 6.55. The van der Waals surface area contributed by atoms with E-state index in [1.54, 1.807) is 6.92 Å². The molecule has 0 aromatic carbocycles. The van der Waals surface area contributed by atoms with Crippen LogP contribution >= 0.6 is 0 Å². The molecule has 0 bridgehead atoms. The van der Waals surface area contributed by atoms with E-state index < -0.39 is 5.97 Å². The second kappa shape index (κ2) is 5.97. The molecule has 2 rings (SSSR count). The van der Waals surface area contributed by atoms with Crippen LogP contribution in [-0.4, -0.2) is 52.6 Å². The summed E-state index contributed by atoms with van der Waals surface area (Å²) in [4.78, 5) is 21.4. The highest BCUT2D eigenvalue weighted by Crippen LogP contribution is 2.15. The summed E-state index contributed by atoms with van der Waals surface area (Å²) < 4.78 is 0. The largest absolute Gasteiger partial charge is 0.478 e. The minimum atomic E-state index is -0.988. The molecule has 1 saturated heterocycles. The summed E-state index contributed by atoms with van der Waals surface area (Å²) in [6.07, 6.45) is 3.80. The standard InChI is InChI=1S/C13H20N4O2/c1-9-11(12(18)19)7-15-13(16-9)14-6-10-4-3-5-17(2)8-10/h7,10H,3-6,8H2,1-2H3,(H,18,19)(H,14,15,16). The third kappa shape index (κ3) is 3.64. The van der Waals surface area contributed by atoms with Crippen LogP contribution in [0, 0.1) is 12.8 Å². The van der Waals surface area contributed by atoms with Crippen LogP contribution < -0.4 is 5.32 Å². The second-order valence-corrected chi connectivity index (χ2v) is 5.15. The van der Waals surface area contributed by atoms with Gasteiger partial charge in [0.15, 0.2) is 0 Å². The van der Waals surface area contributed by atoms with Gasteiger partial charge in [-0.1, -0.05) is 0 Å². The summed E-state index contributed by atoms with van der Waals surface area (Å²) in [5, 5.41) is 12.1. The molecular weight excluding hydrogens is 244 g/mol. The molecule has 1 atom stereocenters. The summed E-state index contributed by atoms with van der Waals surface area (Å²) >= 11 is 0. The number of piperidine rings is 1. The van der Waals surface area contributed by atoms with Crippen molar-refractivity contribution < 1.29 is 9.90 Å². The molecule has 1 aliphatic rings. The van der Waals surface area contributed by atoms with Crippen LogP contribution in [0.3, 0.4) is 0 Å². The predicted molar refractivity (Wildman–Crippen MR) is 72.4 cm³/mol. The number of carboxylic acid groups (broad SMARTS) is 1. The van der Waals surface area contributed by atoms with Gasteiger partial charge in [0.05, 0.1) is 11.3 Å². The maximum Gasteiger partial charge on any atom is 0.339 e. The van der Waals surface area contributed by atoms with Gasteiger partial charge in [0, 0.05) is 19.3 Å². The van der Waals surface area contributed by atoms with Crippen LogP contribution in [0.4, 0.5) is 5.95 Å². The quantitative estimate of drug-likeness (QED) is 0.852. The van der Waals surface area contributed by atoms with Crippen LogP contribution in [-0.2, 0) is 0 Å². The predicted octanol–water partition coefficient (Wildman–Crippen LogP) is 1.24. The Hall–Kier alpha value is -1.69. The van der Waals surface area contributed by atoms with E-state index in [1.807, 2.05) is 0 Å². The Morgan fingerprint density at radius 1 is 1.63 bits per heavy atom. The minimum absolute atomic E-state index is 0.156. The average Bonchev–Trinajstić information content (AvgIpc) is 2.36. The molecule has 2 N–H and O–H groups in total. The molecule has 104 valence electrons. The van der Waals surface area contributed by atoms with Crippen molar-refractivity contribution >= 4 is 11.9 Å². The first-order valence-electron chi connectivity index (χ1n) is 6.55. The van der Waals surface area contributed by atoms with Gasteiger partial charge in [-0.2, -0.15) is 0 Å². The molecule has 0 saturated carbocycles. The Morgan fingerprint density at radius 3 is 3.05 bits per heavy atom. The lowest BCUT2D eigenvalue weighted by molar-refractivity contribution is 0.0695. The third-order valence-electron chi connectivity index (χ3n) is 3.48. The van der Waals surface area contributed by atoms with E-state index in [1.165, 1.54) is 25.6 Å². The number of aromatic carboxylic acids is 1. The summed E-state index contributed by atoms with van der Waals surface area (Å²) in [5.74, 6) is 0.121. The summed E-state index contributed by atoms with van der Waals surface area (Å²) in [6.45, 7) is 4.76. The first-order chi connectivity index (χ1) is 9.06. The maximum absolute atomic E-state index is 10.9. The third-order valence-corrected chi connectivity index (χ3v) is 3.48. The van der Waals surface area contributed by atoms with E-state index in [4.69, 9.17) is 5.11 Å². The summed E-state index contributed by atoms with van der Waals surface area (Å²) in [7, 11) is 2.13. The van der Waals surface area contributed by atoms with E-state index in [2.05, 4.69) is 27.2 Å². The molecular formula is C13H20N4O2. The molecule has 0 spiro atoms. The van der Waals surface area contributed by atoms with Crippen molar-refractivity contribution in [2.75, 3.05) is 32.0 Å². The number of aryl methyl sites for hydroxylation is 1. The number of hydrogen-bond acceptors (Lipinski definition) is 5. The number of aromatic nitrogens is 2. The molecule has 1 aliphatic heterocycles. The summed E-state index contributed by atoms with van der Waals surface area (Å²) in [6, 6.07) is 0. The van der Waals surface area contributed by atoms with E-state index in [0.717, 1.165) is 13.1 Å². The van der Waals surface area contributed by atoms with E-state index in [9.17, 15) is 4.79 Å². The van der Waals surface area contributed by atoms with Crippen molar-refractivity contribution in [1.82, 2.24) is 14.9 Å². The molecule has 1 aromatic rings. The maximum atomic E-state index is 10.9. The zero-order chi connectivity index (χ0) is 13.8. The van der Waals surface area contributed by atoms with Crippen molar-refractivity contribution in [2.24, 2.45) is 5.92 Å². The molecule has 1 unspecified atom stereocenters. The van der Waals surface area contributed by atoms with Crippen molar-refractivity contribution in [2.45, 2.75) is 19.8 Å². The van der Waals surface area contributed by atoms with Crippen LogP contribution in [0.5, 0.6) is 0 Å². The Balaban J connectivity index is 1.92. The number of carboxylic acids is 1. The molecule has 19 heavy (non-hydrogen) atoms. The zero-order valence-electron chi connectivity index (χ0n) is 11.4. The van der Waals surface area contributed by atoms with Gasteiger partial charge < -0.3 is 15.3 Å². The fraction of sp³-hybridized carbons (Fsp3) is 0.615. The minimum Gasteiger partial charge on any atom is -0.478 e. The van der Waals surface area contributed by atoms with Gasteiger partial charge in [-0.3, -0.25) is 0 Å². The zero-order valence-corrected chi connectivity index (χ0v) is 11.4. The van der Waals surface area contributed by atoms with Gasteiger partial charge in [0.2, 0.25) is 5.95 Å². The van der Waals surface area contributed by atoms with Gasteiger partial charge in [-0.05, 0) is 39.3 Å². The Kier molecular flexibility index (Phi) is 4.31. The Labute approximate surface area is 112 Å². The van der Waals surface area contributed by atoms with Gasteiger partial charge in [-0.25, -0.2) is 14.8 Å². The number of nitrogens with zero attached hydrogens (tertiary/aromatic N) is 3. The van der Waals surface area contributed by atoms with Crippen LogP contribution in [0.2, 0.25) is 0 Å². The highest BCUT2D eigenvalue weighted by molar-refractivity contribution is 5.88. The number of rotatable bonds is 4. The lowest BCUT2D eigenvalue weighted by Gasteiger charge is -2.29. The van der Waals surface area contributed by atoms with Crippen molar-refractivity contribution in [3.8, 4) is 0 Å². The molecule has 0 radical (unpaired) electrons. The molecule has 1 aromatic heterocycles. The molecule has 0 amide bonds. The van der Waals surface area contributed by atoms with Crippen molar-refractivity contribution in [3.63, 3.8) is 0 Å². The van der Waals surface area contributed by atoms with Crippen molar-refractivity contribution in [3.05, 3.63) is 17.5 Å². The van der Waals surface area contributed by atoms with Gasteiger partial charge in [0.1, 0.15) is 0 Å². The van der Waals surface area contributed by atoms with Gasteiger partial charge >= 0.3 is 5.97 Å². The molecule has 1 fully saturated rings. The fourth-order valence-corrected chi connectivity index (χ4v) is 2.44. The van der Waals surface area contributed by atoms with Gasteiger partial charge in [-0.15, -0.1) is 0 Å². The molecule has 2 heterocycles. The van der Waals surface area contributed by atoms with Crippen LogP contribution in [0.1, 0.15) is 28.9 Å². The van der Waals surface area contributed by atoms with Crippen LogP contribution in [0.15, 0.2) is 6.20 Å². The Bertz CT molecular complexity index is 464. The number of anilines is 1. The number of hydrogen-bond donors (Lipinski definition) is 2. The molecule has 6 nitrogen and oxygen atoms in total. The highest BCUT2D eigenvalue weighted by atomic mass is 16.4. The van der Waals surface area contributed by atoms with Crippen LogP contribution in [0.25, 0.3) is 0 Å². The SMILES string of the molecule is Cc1nc(NCC2CCCN(C)C2)ncc1C(=O)O. The monoisotopic (exact) mass is 264 g/mol. The van der Waals surface area contributed by atoms with E-state index >= 15 is 0 Å². The van der Waals surface area contributed by atoms with E-state index in [-0.39, 0.29) is 5.56 Å². The first kappa shape index (κ1) is 13.7.